The Morgan fingerprint density at radius 3 is 2.69 bits per heavy atom. The molecule has 0 amide bonds. The highest BCUT2D eigenvalue weighted by Gasteiger charge is 2.03. The third kappa shape index (κ3) is 1.70. The van der Waals surface area contributed by atoms with Gasteiger partial charge in [0.05, 0.1) is 0 Å². The Balaban J connectivity index is 2.75. The summed E-state index contributed by atoms with van der Waals surface area (Å²) in [6.07, 6.45) is 0. The third-order valence-corrected chi connectivity index (χ3v) is 3.99. The number of thiol groups is 1. The van der Waals surface area contributed by atoms with Gasteiger partial charge >= 0.3 is 0 Å². The summed E-state index contributed by atoms with van der Waals surface area (Å²) >= 11 is 7.00. The zero-order valence-electron chi connectivity index (χ0n) is 6.36. The highest BCUT2D eigenvalue weighted by Crippen LogP contribution is 2.28. The molecule has 2 nitrogen and oxygen atoms in total. The molecular formula is C8H5ClO2S2. The molecule has 1 aromatic carbocycles. The number of hydrogen-bond acceptors (Lipinski definition) is 3. The Labute approximate surface area is 85.7 Å². The Kier molecular flexibility index (Phi) is 2.27. The van der Waals surface area contributed by atoms with E-state index in [9.17, 15) is 8.42 Å². The second-order valence-corrected chi connectivity index (χ2v) is 5.34. The first-order valence-corrected chi connectivity index (χ1v) is 5.87. The van der Waals surface area contributed by atoms with Gasteiger partial charge < -0.3 is 0 Å². The van der Waals surface area contributed by atoms with E-state index in [1.54, 1.807) is 18.2 Å². The van der Waals surface area contributed by atoms with Crippen molar-refractivity contribution in [1.82, 2.24) is 0 Å². The second-order valence-electron chi connectivity index (χ2n) is 2.52. The summed E-state index contributed by atoms with van der Waals surface area (Å²) in [6.45, 7) is 0. The first-order valence-electron chi connectivity index (χ1n) is 3.50. The molecule has 0 unspecified atom stereocenters. The number of hydrogen-bond donors (Lipinski definition) is 1. The molecule has 0 saturated carbocycles. The molecule has 0 aliphatic carbocycles. The molecule has 1 heterocycles. The van der Waals surface area contributed by atoms with Gasteiger partial charge in [-0.1, -0.05) is 17.7 Å². The molecule has 2 aromatic rings. The molecule has 13 heavy (non-hydrogen) atoms. The van der Waals surface area contributed by atoms with Gasteiger partial charge in [0.2, 0.25) is 0 Å². The van der Waals surface area contributed by atoms with Gasteiger partial charge in [-0.05, 0) is 23.6 Å². The van der Waals surface area contributed by atoms with Crippen molar-refractivity contribution in [3.05, 3.63) is 29.3 Å². The summed E-state index contributed by atoms with van der Waals surface area (Å²) in [4.78, 5) is 0. The maximum absolute atomic E-state index is 10.7. The number of rotatable bonds is 1. The summed E-state index contributed by atoms with van der Waals surface area (Å²) in [5.74, 6) is 0. The number of thiophene rings is 1. The van der Waals surface area contributed by atoms with Crippen molar-refractivity contribution in [3.63, 3.8) is 0 Å². The lowest BCUT2D eigenvalue weighted by molar-refractivity contribution is 0.616. The van der Waals surface area contributed by atoms with Crippen LogP contribution in [0.2, 0.25) is 5.02 Å². The Hall–Kier alpha value is -0.580. The molecule has 68 valence electrons. The summed E-state index contributed by atoms with van der Waals surface area (Å²) in [7, 11) is -2.48. The number of benzene rings is 1. The van der Waals surface area contributed by atoms with Crippen LogP contribution in [0.25, 0.3) is 10.1 Å². The standard InChI is InChI=1S/C8H5ClO2S2/c9-6-2-1-5-3-8(13(10)11)12-7(5)4-6/h1-4,13H. The van der Waals surface area contributed by atoms with Gasteiger partial charge in [-0.15, -0.1) is 11.3 Å². The first kappa shape index (κ1) is 8.99. The molecule has 2 rings (SSSR count). The maximum atomic E-state index is 10.7. The van der Waals surface area contributed by atoms with Crippen LogP contribution in [0.5, 0.6) is 0 Å². The Morgan fingerprint density at radius 1 is 1.23 bits per heavy atom. The van der Waals surface area contributed by atoms with E-state index in [4.69, 9.17) is 11.6 Å². The van der Waals surface area contributed by atoms with Gasteiger partial charge in [-0.25, -0.2) is 8.42 Å². The first-order chi connectivity index (χ1) is 6.16. The molecule has 0 N–H and O–H groups in total. The van der Waals surface area contributed by atoms with Gasteiger partial charge in [-0.3, -0.25) is 0 Å². The van der Waals surface area contributed by atoms with Crippen LogP contribution in [0.4, 0.5) is 0 Å². The van der Waals surface area contributed by atoms with Gasteiger partial charge in [0, 0.05) is 9.72 Å². The van der Waals surface area contributed by atoms with Crippen molar-refractivity contribution in [3.8, 4) is 0 Å². The molecular weight excluding hydrogens is 228 g/mol. The van der Waals surface area contributed by atoms with Gasteiger partial charge in [0.25, 0.3) is 0 Å². The quantitative estimate of drug-likeness (QED) is 0.767. The highest BCUT2D eigenvalue weighted by molar-refractivity contribution is 7.75. The van der Waals surface area contributed by atoms with Crippen molar-refractivity contribution in [2.24, 2.45) is 0 Å². The predicted molar refractivity (Wildman–Crippen MR) is 55.4 cm³/mol. The van der Waals surface area contributed by atoms with Crippen LogP contribution < -0.4 is 0 Å². The average molecular weight is 233 g/mol. The van der Waals surface area contributed by atoms with E-state index in [1.807, 2.05) is 6.07 Å². The van der Waals surface area contributed by atoms with E-state index in [0.29, 0.717) is 9.23 Å². The zero-order chi connectivity index (χ0) is 9.42. The molecule has 0 atom stereocenters. The minimum Gasteiger partial charge on any atom is -0.226 e. The SMILES string of the molecule is O=[SH](=O)c1cc2ccc(Cl)cc2s1. The second kappa shape index (κ2) is 3.29. The normalized spacial score (nSPS) is 11.2. The lowest BCUT2D eigenvalue weighted by atomic mass is 10.3. The van der Waals surface area contributed by atoms with Crippen LogP contribution in [-0.2, 0) is 10.7 Å². The van der Waals surface area contributed by atoms with Crippen molar-refractivity contribution < 1.29 is 8.42 Å². The largest absolute Gasteiger partial charge is 0.226 e. The van der Waals surface area contributed by atoms with E-state index in [2.05, 4.69) is 0 Å². The average Bonchev–Trinajstić information content (AvgIpc) is 2.46. The Morgan fingerprint density at radius 2 is 2.00 bits per heavy atom. The molecule has 0 saturated heterocycles. The van der Waals surface area contributed by atoms with Gasteiger partial charge in [-0.2, -0.15) is 0 Å². The van der Waals surface area contributed by atoms with Crippen molar-refractivity contribution in [1.29, 1.82) is 0 Å². The highest BCUT2D eigenvalue weighted by atomic mass is 35.5. The van der Waals surface area contributed by atoms with Crippen LogP contribution in [0, 0.1) is 0 Å². The molecule has 0 aliphatic heterocycles. The van der Waals surface area contributed by atoms with Crippen molar-refractivity contribution >= 4 is 43.7 Å². The van der Waals surface area contributed by atoms with Crippen LogP contribution in [-0.4, -0.2) is 8.42 Å². The monoisotopic (exact) mass is 232 g/mol. The van der Waals surface area contributed by atoms with Crippen molar-refractivity contribution in [2.75, 3.05) is 0 Å². The van der Waals surface area contributed by atoms with E-state index in [-0.39, 0.29) is 0 Å². The predicted octanol–water partition coefficient (Wildman–Crippen LogP) is 2.53. The molecule has 0 bridgehead atoms. The summed E-state index contributed by atoms with van der Waals surface area (Å²) in [6, 6.07) is 6.99. The van der Waals surface area contributed by atoms with E-state index in [1.165, 1.54) is 11.3 Å². The van der Waals surface area contributed by atoms with E-state index >= 15 is 0 Å². The zero-order valence-corrected chi connectivity index (χ0v) is 8.83. The molecule has 0 radical (unpaired) electrons. The van der Waals surface area contributed by atoms with Crippen LogP contribution in [0.1, 0.15) is 0 Å². The topological polar surface area (TPSA) is 34.1 Å². The van der Waals surface area contributed by atoms with Crippen LogP contribution >= 0.6 is 22.9 Å². The third-order valence-electron chi connectivity index (χ3n) is 1.65. The lowest BCUT2D eigenvalue weighted by Gasteiger charge is -1.87. The van der Waals surface area contributed by atoms with Crippen LogP contribution in [0.15, 0.2) is 28.5 Å². The molecule has 0 spiro atoms. The summed E-state index contributed by atoms with van der Waals surface area (Å²) in [5, 5.41) is 1.55. The molecule has 0 fully saturated rings. The lowest BCUT2D eigenvalue weighted by Crippen LogP contribution is -1.67. The molecule has 0 aliphatic rings. The minimum atomic E-state index is -2.48. The fourth-order valence-corrected chi connectivity index (χ4v) is 3.00. The van der Waals surface area contributed by atoms with E-state index in [0.717, 1.165) is 10.1 Å². The number of fused-ring (bicyclic) bond motifs is 1. The van der Waals surface area contributed by atoms with Crippen LogP contribution in [0.3, 0.4) is 0 Å². The smallest absolute Gasteiger partial charge is 0.177 e. The summed E-state index contributed by atoms with van der Waals surface area (Å²) in [5.41, 5.74) is 0. The molecule has 5 heteroatoms. The minimum absolute atomic E-state index is 0.382. The van der Waals surface area contributed by atoms with Gasteiger partial charge in [0.1, 0.15) is 4.21 Å². The fraction of sp³-hybridized carbons (Fsp3) is 0. The molecule has 1 aromatic heterocycles. The fourth-order valence-electron chi connectivity index (χ4n) is 1.08. The number of halogens is 1. The Bertz CT molecular complexity index is 520. The van der Waals surface area contributed by atoms with Gasteiger partial charge in [0.15, 0.2) is 10.7 Å². The van der Waals surface area contributed by atoms with E-state index < -0.39 is 10.7 Å². The maximum Gasteiger partial charge on any atom is 0.177 e. The summed E-state index contributed by atoms with van der Waals surface area (Å²) < 4.78 is 22.6. The van der Waals surface area contributed by atoms with Crippen molar-refractivity contribution in [2.45, 2.75) is 4.21 Å².